The van der Waals surface area contributed by atoms with Gasteiger partial charge >= 0.3 is 0 Å². The van der Waals surface area contributed by atoms with Crippen LogP contribution in [0.15, 0.2) is 12.4 Å². The molecule has 1 aliphatic heterocycles. The van der Waals surface area contributed by atoms with Gasteiger partial charge in [-0.3, -0.25) is 4.68 Å². The molecule has 1 fully saturated rings. The standard InChI is InChI=1S/C10H18N4/c1-2-14-8-10(7-12-14)13-5-3-9(11)4-6-13/h7-9H,2-6,11H2,1H3. The monoisotopic (exact) mass is 194 g/mol. The maximum atomic E-state index is 5.86. The molecule has 78 valence electrons. The van der Waals surface area contributed by atoms with Crippen LogP contribution in [0.2, 0.25) is 0 Å². The van der Waals surface area contributed by atoms with Crippen molar-refractivity contribution in [1.29, 1.82) is 0 Å². The minimum absolute atomic E-state index is 0.396. The molecule has 0 unspecified atom stereocenters. The first kappa shape index (κ1) is 9.52. The summed E-state index contributed by atoms with van der Waals surface area (Å²) in [5.74, 6) is 0. The van der Waals surface area contributed by atoms with E-state index >= 15 is 0 Å². The van der Waals surface area contributed by atoms with Gasteiger partial charge in [-0.15, -0.1) is 0 Å². The van der Waals surface area contributed by atoms with Gasteiger partial charge in [0.25, 0.3) is 0 Å². The molecule has 0 aliphatic carbocycles. The zero-order valence-corrected chi connectivity index (χ0v) is 8.69. The molecule has 2 rings (SSSR count). The number of aryl methyl sites for hydroxylation is 1. The highest BCUT2D eigenvalue weighted by atomic mass is 15.3. The number of nitrogens with two attached hydrogens (primary N) is 1. The quantitative estimate of drug-likeness (QED) is 0.758. The molecular formula is C10H18N4. The lowest BCUT2D eigenvalue weighted by Gasteiger charge is -2.30. The van der Waals surface area contributed by atoms with E-state index in [4.69, 9.17) is 5.73 Å². The van der Waals surface area contributed by atoms with Gasteiger partial charge in [-0.1, -0.05) is 0 Å². The number of hydrogen-bond acceptors (Lipinski definition) is 3. The van der Waals surface area contributed by atoms with E-state index in [-0.39, 0.29) is 0 Å². The second-order valence-corrected chi connectivity index (χ2v) is 3.88. The first-order valence-corrected chi connectivity index (χ1v) is 5.32. The summed E-state index contributed by atoms with van der Waals surface area (Å²) >= 11 is 0. The SMILES string of the molecule is CCn1cc(N2CCC(N)CC2)cn1. The van der Waals surface area contributed by atoms with Crippen molar-refractivity contribution in [2.24, 2.45) is 5.73 Å². The molecule has 0 aromatic carbocycles. The fourth-order valence-electron chi connectivity index (χ4n) is 1.85. The fraction of sp³-hybridized carbons (Fsp3) is 0.700. The Kier molecular flexibility index (Phi) is 2.72. The summed E-state index contributed by atoms with van der Waals surface area (Å²) in [7, 11) is 0. The van der Waals surface area contributed by atoms with Crippen LogP contribution in [0, 0.1) is 0 Å². The normalized spacial score (nSPS) is 18.9. The summed E-state index contributed by atoms with van der Waals surface area (Å²) in [6, 6.07) is 0.396. The number of piperidine rings is 1. The average Bonchev–Trinajstić information content (AvgIpc) is 2.67. The van der Waals surface area contributed by atoms with Gasteiger partial charge in [0.1, 0.15) is 0 Å². The summed E-state index contributed by atoms with van der Waals surface area (Å²) in [5.41, 5.74) is 7.09. The Morgan fingerprint density at radius 2 is 2.21 bits per heavy atom. The predicted octanol–water partition coefficient (Wildman–Crippen LogP) is 0.830. The fourth-order valence-corrected chi connectivity index (χ4v) is 1.85. The highest BCUT2D eigenvalue weighted by Gasteiger charge is 2.16. The van der Waals surface area contributed by atoms with Gasteiger partial charge in [-0.2, -0.15) is 5.10 Å². The molecule has 1 saturated heterocycles. The molecule has 0 saturated carbocycles. The van der Waals surface area contributed by atoms with Gasteiger partial charge in [-0.05, 0) is 19.8 Å². The van der Waals surface area contributed by atoms with E-state index in [9.17, 15) is 0 Å². The Labute approximate surface area is 84.7 Å². The largest absolute Gasteiger partial charge is 0.369 e. The van der Waals surface area contributed by atoms with Crippen LogP contribution >= 0.6 is 0 Å². The van der Waals surface area contributed by atoms with E-state index in [2.05, 4.69) is 23.1 Å². The van der Waals surface area contributed by atoms with E-state index in [1.807, 2.05) is 10.9 Å². The third kappa shape index (κ3) is 1.90. The Hall–Kier alpha value is -1.03. The van der Waals surface area contributed by atoms with E-state index in [1.54, 1.807) is 0 Å². The summed E-state index contributed by atoms with van der Waals surface area (Å²) < 4.78 is 1.96. The molecule has 1 aliphatic rings. The Balaban J connectivity index is 2.01. The van der Waals surface area contributed by atoms with Crippen LogP contribution < -0.4 is 10.6 Å². The zero-order valence-electron chi connectivity index (χ0n) is 8.69. The van der Waals surface area contributed by atoms with Gasteiger partial charge in [0, 0.05) is 31.9 Å². The van der Waals surface area contributed by atoms with Crippen molar-refractivity contribution < 1.29 is 0 Å². The minimum atomic E-state index is 0.396. The van der Waals surface area contributed by atoms with Crippen molar-refractivity contribution in [1.82, 2.24) is 9.78 Å². The van der Waals surface area contributed by atoms with Crippen LogP contribution in [-0.4, -0.2) is 28.9 Å². The van der Waals surface area contributed by atoms with E-state index < -0.39 is 0 Å². The number of aromatic nitrogens is 2. The molecule has 0 amide bonds. The molecule has 0 bridgehead atoms. The number of nitrogens with zero attached hydrogens (tertiary/aromatic N) is 3. The van der Waals surface area contributed by atoms with Gasteiger partial charge in [-0.25, -0.2) is 0 Å². The van der Waals surface area contributed by atoms with Crippen LogP contribution in [0.3, 0.4) is 0 Å². The van der Waals surface area contributed by atoms with E-state index in [0.29, 0.717) is 6.04 Å². The third-order valence-electron chi connectivity index (χ3n) is 2.85. The first-order chi connectivity index (χ1) is 6.79. The van der Waals surface area contributed by atoms with Crippen molar-refractivity contribution in [3.63, 3.8) is 0 Å². The summed E-state index contributed by atoms with van der Waals surface area (Å²) in [6.07, 6.45) is 6.24. The topological polar surface area (TPSA) is 47.1 Å². The summed E-state index contributed by atoms with van der Waals surface area (Å²) in [6.45, 7) is 5.17. The van der Waals surface area contributed by atoms with Crippen molar-refractivity contribution in [3.05, 3.63) is 12.4 Å². The Morgan fingerprint density at radius 1 is 1.50 bits per heavy atom. The van der Waals surface area contributed by atoms with Crippen molar-refractivity contribution in [3.8, 4) is 0 Å². The number of hydrogen-bond donors (Lipinski definition) is 1. The highest BCUT2D eigenvalue weighted by Crippen LogP contribution is 2.18. The smallest absolute Gasteiger partial charge is 0.0752 e. The summed E-state index contributed by atoms with van der Waals surface area (Å²) in [5, 5.41) is 4.27. The molecule has 4 nitrogen and oxygen atoms in total. The molecule has 0 radical (unpaired) electrons. The molecule has 14 heavy (non-hydrogen) atoms. The van der Waals surface area contributed by atoms with E-state index in [0.717, 1.165) is 32.5 Å². The lowest BCUT2D eigenvalue weighted by molar-refractivity contribution is 0.501. The number of rotatable bonds is 2. The maximum Gasteiger partial charge on any atom is 0.0752 e. The average molecular weight is 194 g/mol. The maximum absolute atomic E-state index is 5.86. The van der Waals surface area contributed by atoms with Crippen LogP contribution in [0.25, 0.3) is 0 Å². The minimum Gasteiger partial charge on any atom is -0.369 e. The third-order valence-corrected chi connectivity index (χ3v) is 2.85. The molecule has 1 aromatic rings. The Bertz CT molecular complexity index is 286. The van der Waals surface area contributed by atoms with E-state index in [1.165, 1.54) is 5.69 Å². The molecule has 4 heteroatoms. The lowest BCUT2D eigenvalue weighted by atomic mass is 10.1. The zero-order chi connectivity index (χ0) is 9.97. The predicted molar refractivity (Wildman–Crippen MR) is 57.3 cm³/mol. The van der Waals surface area contributed by atoms with Crippen LogP contribution in [0.5, 0.6) is 0 Å². The summed E-state index contributed by atoms with van der Waals surface area (Å²) in [4.78, 5) is 2.36. The molecule has 1 aromatic heterocycles. The van der Waals surface area contributed by atoms with Crippen LogP contribution in [0.4, 0.5) is 5.69 Å². The van der Waals surface area contributed by atoms with Crippen molar-refractivity contribution >= 4 is 5.69 Å². The second-order valence-electron chi connectivity index (χ2n) is 3.88. The van der Waals surface area contributed by atoms with Crippen LogP contribution in [-0.2, 0) is 6.54 Å². The second kappa shape index (κ2) is 4.00. The van der Waals surface area contributed by atoms with Crippen molar-refractivity contribution in [2.45, 2.75) is 32.4 Å². The number of anilines is 1. The molecule has 0 atom stereocenters. The van der Waals surface area contributed by atoms with Crippen molar-refractivity contribution in [2.75, 3.05) is 18.0 Å². The van der Waals surface area contributed by atoms with Crippen LogP contribution in [0.1, 0.15) is 19.8 Å². The van der Waals surface area contributed by atoms with Gasteiger partial charge in [0.2, 0.25) is 0 Å². The highest BCUT2D eigenvalue weighted by molar-refractivity contribution is 5.42. The van der Waals surface area contributed by atoms with Gasteiger partial charge < -0.3 is 10.6 Å². The van der Waals surface area contributed by atoms with Gasteiger partial charge in [0.15, 0.2) is 0 Å². The lowest BCUT2D eigenvalue weighted by Crippen LogP contribution is -2.39. The first-order valence-electron chi connectivity index (χ1n) is 5.32. The Morgan fingerprint density at radius 3 is 2.79 bits per heavy atom. The van der Waals surface area contributed by atoms with Gasteiger partial charge in [0.05, 0.1) is 11.9 Å². The molecular weight excluding hydrogens is 176 g/mol. The molecule has 2 N–H and O–H groups in total. The molecule has 0 spiro atoms. The molecule has 2 heterocycles.